The van der Waals surface area contributed by atoms with Crippen molar-refractivity contribution in [3.8, 4) is 0 Å². The second kappa shape index (κ2) is 6.77. The number of anilines is 1. The van der Waals surface area contributed by atoms with E-state index in [0.29, 0.717) is 13.2 Å². The van der Waals surface area contributed by atoms with Crippen LogP contribution in [-0.4, -0.2) is 31.3 Å². The van der Waals surface area contributed by atoms with Crippen LogP contribution in [0.2, 0.25) is 0 Å². The molecule has 2 N–H and O–H groups in total. The molecule has 0 aliphatic carbocycles. The van der Waals surface area contributed by atoms with Crippen LogP contribution in [0, 0.1) is 11.6 Å². The summed E-state index contributed by atoms with van der Waals surface area (Å²) in [6.45, 7) is 4.58. The van der Waals surface area contributed by atoms with Crippen LogP contribution in [0.4, 0.5) is 14.5 Å². The van der Waals surface area contributed by atoms with E-state index in [2.05, 4.69) is 0 Å². The van der Waals surface area contributed by atoms with Crippen LogP contribution < -0.4 is 10.6 Å². The molecule has 0 aromatic heterocycles. The minimum atomic E-state index is -0.685. The average molecular weight is 288 g/mol. The average Bonchev–Trinajstić information content (AvgIpc) is 2.27. The lowest BCUT2D eigenvalue weighted by Gasteiger charge is -2.21. The monoisotopic (exact) mass is 288 g/mol. The van der Waals surface area contributed by atoms with Crippen LogP contribution in [0.3, 0.4) is 0 Å². The minimum Gasteiger partial charge on any atom is -0.389 e. The van der Waals surface area contributed by atoms with Gasteiger partial charge in [0, 0.05) is 19.2 Å². The molecule has 106 valence electrons. The molecule has 6 heteroatoms. The molecule has 1 aromatic carbocycles. The highest BCUT2D eigenvalue weighted by Gasteiger charge is 2.16. The SMILES string of the molecule is CC(C)OCCN(C)c1c(F)cc(C(N)=S)cc1F. The van der Waals surface area contributed by atoms with Gasteiger partial charge in [-0.1, -0.05) is 12.2 Å². The van der Waals surface area contributed by atoms with Gasteiger partial charge in [-0.3, -0.25) is 0 Å². The lowest BCUT2D eigenvalue weighted by Crippen LogP contribution is -2.26. The first-order chi connectivity index (χ1) is 8.82. The zero-order chi connectivity index (χ0) is 14.6. The maximum absolute atomic E-state index is 13.9. The molecule has 0 bridgehead atoms. The van der Waals surface area contributed by atoms with Gasteiger partial charge < -0.3 is 15.4 Å². The van der Waals surface area contributed by atoms with Crippen molar-refractivity contribution in [3.05, 3.63) is 29.3 Å². The van der Waals surface area contributed by atoms with Crippen molar-refractivity contribution >= 4 is 22.9 Å². The van der Waals surface area contributed by atoms with Crippen molar-refractivity contribution in [2.45, 2.75) is 20.0 Å². The van der Waals surface area contributed by atoms with Gasteiger partial charge in [-0.15, -0.1) is 0 Å². The molecule has 0 saturated carbocycles. The van der Waals surface area contributed by atoms with Gasteiger partial charge in [0.2, 0.25) is 0 Å². The number of thiocarbonyl (C=S) groups is 1. The Morgan fingerprint density at radius 2 is 1.89 bits per heavy atom. The number of benzene rings is 1. The minimum absolute atomic E-state index is 0.0323. The van der Waals surface area contributed by atoms with E-state index in [-0.39, 0.29) is 22.3 Å². The fraction of sp³-hybridized carbons (Fsp3) is 0.462. The first-order valence-electron chi connectivity index (χ1n) is 5.94. The Hall–Kier alpha value is -1.27. The van der Waals surface area contributed by atoms with Crippen LogP contribution in [0.15, 0.2) is 12.1 Å². The van der Waals surface area contributed by atoms with E-state index in [4.69, 9.17) is 22.7 Å². The smallest absolute Gasteiger partial charge is 0.150 e. The van der Waals surface area contributed by atoms with E-state index in [9.17, 15) is 8.78 Å². The van der Waals surface area contributed by atoms with Crippen molar-refractivity contribution in [3.63, 3.8) is 0 Å². The highest BCUT2D eigenvalue weighted by Crippen LogP contribution is 2.24. The van der Waals surface area contributed by atoms with Crippen LogP contribution >= 0.6 is 12.2 Å². The van der Waals surface area contributed by atoms with Crippen LogP contribution in [0.1, 0.15) is 19.4 Å². The number of nitrogens with two attached hydrogens (primary N) is 1. The Bertz CT molecular complexity index is 443. The summed E-state index contributed by atoms with van der Waals surface area (Å²) in [4.78, 5) is 1.44. The number of nitrogens with zero attached hydrogens (tertiary/aromatic N) is 1. The van der Waals surface area contributed by atoms with Gasteiger partial charge in [0.25, 0.3) is 0 Å². The number of ether oxygens (including phenoxy) is 1. The fourth-order valence-corrected chi connectivity index (χ4v) is 1.73. The Morgan fingerprint density at radius 1 is 1.37 bits per heavy atom. The summed E-state index contributed by atoms with van der Waals surface area (Å²) in [6, 6.07) is 2.28. The van der Waals surface area contributed by atoms with Crippen molar-refractivity contribution < 1.29 is 13.5 Å². The van der Waals surface area contributed by atoms with Gasteiger partial charge in [0.15, 0.2) is 0 Å². The van der Waals surface area contributed by atoms with Gasteiger partial charge in [0.1, 0.15) is 22.3 Å². The number of rotatable bonds is 6. The van der Waals surface area contributed by atoms with E-state index in [1.807, 2.05) is 13.8 Å². The zero-order valence-electron chi connectivity index (χ0n) is 11.2. The van der Waals surface area contributed by atoms with E-state index < -0.39 is 11.6 Å². The quantitative estimate of drug-likeness (QED) is 0.816. The summed E-state index contributed by atoms with van der Waals surface area (Å²) >= 11 is 4.70. The van der Waals surface area contributed by atoms with E-state index in [1.165, 1.54) is 4.90 Å². The normalized spacial score (nSPS) is 10.8. The highest BCUT2D eigenvalue weighted by atomic mass is 32.1. The second-order valence-electron chi connectivity index (χ2n) is 4.49. The van der Waals surface area contributed by atoms with E-state index >= 15 is 0 Å². The number of likely N-dealkylation sites (N-methyl/N-ethyl adjacent to an activating group) is 1. The van der Waals surface area contributed by atoms with Crippen molar-refractivity contribution in [1.82, 2.24) is 0 Å². The summed E-state index contributed by atoms with van der Waals surface area (Å²) < 4.78 is 33.1. The summed E-state index contributed by atoms with van der Waals surface area (Å²) in [6.07, 6.45) is 0.0834. The van der Waals surface area contributed by atoms with Crippen LogP contribution in [0.25, 0.3) is 0 Å². The zero-order valence-corrected chi connectivity index (χ0v) is 12.1. The second-order valence-corrected chi connectivity index (χ2v) is 4.93. The van der Waals surface area contributed by atoms with E-state index in [1.54, 1.807) is 7.05 Å². The molecule has 0 amide bonds. The Morgan fingerprint density at radius 3 is 2.32 bits per heavy atom. The first-order valence-corrected chi connectivity index (χ1v) is 6.35. The van der Waals surface area contributed by atoms with Crippen LogP contribution in [0.5, 0.6) is 0 Å². The lowest BCUT2D eigenvalue weighted by atomic mass is 10.1. The molecule has 19 heavy (non-hydrogen) atoms. The van der Waals surface area contributed by atoms with E-state index in [0.717, 1.165) is 12.1 Å². The van der Waals surface area contributed by atoms with Crippen molar-refractivity contribution in [1.29, 1.82) is 0 Å². The third kappa shape index (κ3) is 4.40. The molecule has 0 atom stereocenters. The maximum Gasteiger partial charge on any atom is 0.150 e. The summed E-state index contributed by atoms with van der Waals surface area (Å²) in [5.41, 5.74) is 5.43. The predicted octanol–water partition coefficient (Wildman–Crippen LogP) is 2.46. The summed E-state index contributed by atoms with van der Waals surface area (Å²) in [5.74, 6) is -1.37. The van der Waals surface area contributed by atoms with Gasteiger partial charge in [-0.05, 0) is 26.0 Å². The molecule has 3 nitrogen and oxygen atoms in total. The number of hydrogen-bond acceptors (Lipinski definition) is 3. The molecule has 0 heterocycles. The third-order valence-corrected chi connectivity index (χ3v) is 2.80. The fourth-order valence-electron chi connectivity index (χ4n) is 1.61. The molecule has 0 aliphatic rings. The lowest BCUT2D eigenvalue weighted by molar-refractivity contribution is 0.0845. The molecule has 1 rings (SSSR count). The van der Waals surface area contributed by atoms with Crippen LogP contribution in [-0.2, 0) is 4.74 Å². The largest absolute Gasteiger partial charge is 0.389 e. The molecule has 0 saturated heterocycles. The van der Waals surface area contributed by atoms with Gasteiger partial charge in [0.05, 0.1) is 12.7 Å². The van der Waals surface area contributed by atoms with Gasteiger partial charge >= 0.3 is 0 Å². The highest BCUT2D eigenvalue weighted by molar-refractivity contribution is 7.80. The summed E-state index contributed by atoms with van der Waals surface area (Å²) in [7, 11) is 1.60. The molecule has 0 aliphatic heterocycles. The third-order valence-electron chi connectivity index (χ3n) is 2.56. The Balaban J connectivity index is 2.85. The molecule has 1 aromatic rings. The molecular formula is C13H18F2N2OS. The molecule has 0 unspecified atom stereocenters. The Kier molecular flexibility index (Phi) is 5.62. The molecule has 0 fully saturated rings. The maximum atomic E-state index is 13.9. The molecule has 0 spiro atoms. The molecular weight excluding hydrogens is 270 g/mol. The predicted molar refractivity (Wildman–Crippen MR) is 76.6 cm³/mol. The summed E-state index contributed by atoms with van der Waals surface area (Å²) in [5, 5.41) is 0. The van der Waals surface area contributed by atoms with Crippen molar-refractivity contribution in [2.75, 3.05) is 25.1 Å². The standard InChI is InChI=1S/C13H18F2N2OS/c1-8(2)18-5-4-17(3)12-10(14)6-9(13(16)19)7-11(12)15/h6-8H,4-5H2,1-3H3,(H2,16,19). The van der Waals surface area contributed by atoms with Gasteiger partial charge in [-0.2, -0.15) is 0 Å². The Labute approximate surface area is 117 Å². The van der Waals surface area contributed by atoms with Crippen molar-refractivity contribution in [2.24, 2.45) is 5.73 Å². The topological polar surface area (TPSA) is 38.5 Å². The van der Waals surface area contributed by atoms with Gasteiger partial charge in [-0.25, -0.2) is 8.78 Å². The first kappa shape index (κ1) is 15.8. The number of halogens is 2. The molecule has 0 radical (unpaired) electrons. The number of hydrogen-bond donors (Lipinski definition) is 1.